The molecule has 0 unspecified atom stereocenters. The van der Waals surface area contributed by atoms with Crippen LogP contribution in [0.4, 0.5) is 17.6 Å². The molecule has 0 aliphatic rings. The molecule has 1 aromatic heterocycles. The lowest BCUT2D eigenvalue weighted by Gasteiger charge is -2.10. The first-order valence-electron chi connectivity index (χ1n) is 5.91. The van der Waals surface area contributed by atoms with E-state index in [0.717, 1.165) is 0 Å². The Morgan fingerprint density at radius 1 is 1.20 bits per heavy atom. The van der Waals surface area contributed by atoms with Gasteiger partial charge in [-0.1, -0.05) is 23.2 Å². The zero-order valence-corrected chi connectivity index (χ0v) is 12.4. The predicted molar refractivity (Wildman–Crippen MR) is 81.2 cm³/mol. The van der Waals surface area contributed by atoms with E-state index in [2.05, 4.69) is 25.6 Å². The molecule has 0 amide bonds. The van der Waals surface area contributed by atoms with Gasteiger partial charge in [-0.25, -0.2) is 4.79 Å². The number of aromatic amines is 1. The van der Waals surface area contributed by atoms with Crippen LogP contribution in [-0.4, -0.2) is 21.0 Å². The van der Waals surface area contributed by atoms with Crippen LogP contribution < -0.4 is 16.3 Å². The maximum atomic E-state index is 11.5. The molecule has 0 atom stereocenters. The minimum Gasteiger partial charge on any atom is -0.352 e. The average molecular weight is 314 g/mol. The number of halogens is 2. The molecule has 0 saturated carbocycles. The van der Waals surface area contributed by atoms with E-state index in [1.165, 1.54) is 0 Å². The number of anilines is 3. The van der Waals surface area contributed by atoms with Crippen molar-refractivity contribution < 1.29 is 0 Å². The van der Waals surface area contributed by atoms with E-state index in [-0.39, 0.29) is 17.9 Å². The second kappa shape index (κ2) is 6.11. The third-order valence-electron chi connectivity index (χ3n) is 2.25. The summed E-state index contributed by atoms with van der Waals surface area (Å²) in [6.45, 7) is 3.85. The summed E-state index contributed by atoms with van der Waals surface area (Å²) < 4.78 is 0. The molecule has 106 valence electrons. The van der Waals surface area contributed by atoms with Crippen molar-refractivity contribution in [3.05, 3.63) is 38.7 Å². The van der Waals surface area contributed by atoms with E-state index in [1.807, 2.05) is 13.8 Å². The second-order valence-corrected chi connectivity index (χ2v) is 5.19. The molecular formula is C12H13Cl2N5O. The molecular weight excluding hydrogens is 301 g/mol. The first-order valence-corrected chi connectivity index (χ1v) is 6.66. The summed E-state index contributed by atoms with van der Waals surface area (Å²) in [7, 11) is 0. The minimum absolute atomic E-state index is 0.120. The van der Waals surface area contributed by atoms with Crippen LogP contribution in [-0.2, 0) is 0 Å². The van der Waals surface area contributed by atoms with Gasteiger partial charge < -0.3 is 10.6 Å². The molecule has 6 nitrogen and oxygen atoms in total. The van der Waals surface area contributed by atoms with Crippen LogP contribution >= 0.6 is 23.2 Å². The molecule has 0 fully saturated rings. The highest BCUT2D eigenvalue weighted by Crippen LogP contribution is 2.26. The number of aromatic nitrogens is 3. The van der Waals surface area contributed by atoms with Gasteiger partial charge in [0.15, 0.2) is 0 Å². The fourth-order valence-electron chi connectivity index (χ4n) is 1.48. The Balaban J connectivity index is 2.26. The van der Waals surface area contributed by atoms with Gasteiger partial charge in [0.1, 0.15) is 0 Å². The van der Waals surface area contributed by atoms with Crippen LogP contribution in [0.15, 0.2) is 23.0 Å². The third kappa shape index (κ3) is 3.85. The zero-order chi connectivity index (χ0) is 14.7. The molecule has 1 heterocycles. The first-order chi connectivity index (χ1) is 9.44. The molecule has 1 aromatic carbocycles. The Labute approximate surface area is 125 Å². The van der Waals surface area contributed by atoms with Crippen LogP contribution in [0.5, 0.6) is 0 Å². The number of nitrogens with zero attached hydrogens (tertiary/aromatic N) is 2. The van der Waals surface area contributed by atoms with Crippen LogP contribution in [0.1, 0.15) is 13.8 Å². The van der Waals surface area contributed by atoms with Crippen LogP contribution in [0, 0.1) is 0 Å². The number of rotatable bonds is 4. The highest BCUT2D eigenvalue weighted by Gasteiger charge is 2.05. The maximum Gasteiger partial charge on any atom is 0.351 e. The van der Waals surface area contributed by atoms with Gasteiger partial charge in [-0.05, 0) is 32.0 Å². The SMILES string of the molecule is CC(C)Nc1nc(Nc2ccc(Cl)c(Cl)c2)[nH]c(=O)n1. The molecule has 0 aliphatic heterocycles. The summed E-state index contributed by atoms with van der Waals surface area (Å²) in [5, 5.41) is 6.76. The van der Waals surface area contributed by atoms with E-state index in [4.69, 9.17) is 23.2 Å². The minimum atomic E-state index is -0.495. The first kappa shape index (κ1) is 14.6. The number of hydrogen-bond acceptors (Lipinski definition) is 5. The smallest absolute Gasteiger partial charge is 0.351 e. The fraction of sp³-hybridized carbons (Fsp3) is 0.250. The Bertz CT molecular complexity index is 671. The van der Waals surface area contributed by atoms with Crippen molar-refractivity contribution in [3.8, 4) is 0 Å². The van der Waals surface area contributed by atoms with Gasteiger partial charge in [0, 0.05) is 11.7 Å². The van der Waals surface area contributed by atoms with Gasteiger partial charge in [-0.2, -0.15) is 9.97 Å². The molecule has 0 spiro atoms. The monoisotopic (exact) mass is 313 g/mol. The normalized spacial score (nSPS) is 10.7. The summed E-state index contributed by atoms with van der Waals surface area (Å²) in [5.74, 6) is 0.526. The summed E-state index contributed by atoms with van der Waals surface area (Å²) in [6, 6.07) is 5.14. The van der Waals surface area contributed by atoms with Gasteiger partial charge in [-0.15, -0.1) is 0 Å². The van der Waals surface area contributed by atoms with Gasteiger partial charge in [0.25, 0.3) is 0 Å². The van der Waals surface area contributed by atoms with Crippen molar-refractivity contribution in [2.45, 2.75) is 19.9 Å². The standard InChI is InChI=1S/C12H13Cl2N5O/c1-6(2)15-10-17-11(19-12(20)18-10)16-7-3-4-8(13)9(14)5-7/h3-6H,1-2H3,(H3,15,16,17,18,19,20). The van der Waals surface area contributed by atoms with Crippen LogP contribution in [0.25, 0.3) is 0 Å². The van der Waals surface area contributed by atoms with E-state index in [9.17, 15) is 4.79 Å². The van der Waals surface area contributed by atoms with Gasteiger partial charge >= 0.3 is 5.69 Å². The van der Waals surface area contributed by atoms with E-state index in [1.54, 1.807) is 18.2 Å². The van der Waals surface area contributed by atoms with Crippen molar-refractivity contribution in [3.63, 3.8) is 0 Å². The van der Waals surface area contributed by atoms with E-state index in [0.29, 0.717) is 15.7 Å². The van der Waals surface area contributed by atoms with E-state index < -0.39 is 5.69 Å². The molecule has 8 heteroatoms. The number of hydrogen-bond donors (Lipinski definition) is 3. The number of H-pyrrole nitrogens is 1. The average Bonchev–Trinajstić information content (AvgIpc) is 2.32. The van der Waals surface area contributed by atoms with Crippen molar-refractivity contribution in [1.82, 2.24) is 15.0 Å². The fourth-order valence-corrected chi connectivity index (χ4v) is 1.77. The summed E-state index contributed by atoms with van der Waals surface area (Å²) in [5.41, 5.74) is 0.162. The van der Waals surface area contributed by atoms with Gasteiger partial charge in [0.05, 0.1) is 10.0 Å². The van der Waals surface area contributed by atoms with Gasteiger partial charge in [-0.3, -0.25) is 4.98 Å². The second-order valence-electron chi connectivity index (χ2n) is 4.38. The highest BCUT2D eigenvalue weighted by molar-refractivity contribution is 6.42. The van der Waals surface area contributed by atoms with Gasteiger partial charge in [0.2, 0.25) is 11.9 Å². The maximum absolute atomic E-state index is 11.5. The third-order valence-corrected chi connectivity index (χ3v) is 2.99. The Hall–Kier alpha value is -1.79. The molecule has 0 radical (unpaired) electrons. The van der Waals surface area contributed by atoms with Crippen molar-refractivity contribution in [2.24, 2.45) is 0 Å². The topological polar surface area (TPSA) is 82.7 Å². The number of benzene rings is 1. The number of nitrogens with one attached hydrogen (secondary N) is 3. The molecule has 2 rings (SSSR count). The lowest BCUT2D eigenvalue weighted by Crippen LogP contribution is -2.20. The zero-order valence-electron chi connectivity index (χ0n) is 10.9. The predicted octanol–water partition coefficient (Wildman–Crippen LogP) is 3.04. The van der Waals surface area contributed by atoms with E-state index >= 15 is 0 Å². The highest BCUT2D eigenvalue weighted by atomic mass is 35.5. The van der Waals surface area contributed by atoms with Crippen molar-refractivity contribution in [1.29, 1.82) is 0 Å². The molecule has 0 aliphatic carbocycles. The molecule has 20 heavy (non-hydrogen) atoms. The summed E-state index contributed by atoms with van der Waals surface area (Å²) in [4.78, 5) is 21.9. The molecule has 0 bridgehead atoms. The Morgan fingerprint density at radius 3 is 2.60 bits per heavy atom. The lowest BCUT2D eigenvalue weighted by molar-refractivity contribution is 0.860. The summed E-state index contributed by atoms with van der Waals surface area (Å²) >= 11 is 11.8. The molecule has 2 aromatic rings. The van der Waals surface area contributed by atoms with Crippen molar-refractivity contribution in [2.75, 3.05) is 10.6 Å². The lowest BCUT2D eigenvalue weighted by atomic mass is 10.3. The van der Waals surface area contributed by atoms with Crippen LogP contribution in [0.3, 0.4) is 0 Å². The molecule has 0 saturated heterocycles. The Morgan fingerprint density at radius 2 is 1.95 bits per heavy atom. The molecule has 3 N–H and O–H groups in total. The van der Waals surface area contributed by atoms with Crippen LogP contribution in [0.2, 0.25) is 10.0 Å². The Kier molecular flexibility index (Phi) is 4.46. The van der Waals surface area contributed by atoms with Crippen molar-refractivity contribution >= 4 is 40.8 Å². The largest absolute Gasteiger partial charge is 0.352 e. The quantitative estimate of drug-likeness (QED) is 0.808. The summed E-state index contributed by atoms with van der Waals surface area (Å²) in [6.07, 6.45) is 0.